The molecule has 0 bridgehead atoms. The van der Waals surface area contributed by atoms with Gasteiger partial charge in [-0.05, 0) is 55.0 Å². The predicted octanol–water partition coefficient (Wildman–Crippen LogP) is 4.96. The first-order chi connectivity index (χ1) is 17.1. The second-order valence-electron chi connectivity index (χ2n) is 7.04. The number of carbonyl (C=O) groups excluding carboxylic acids is 1. The fourth-order valence-electron chi connectivity index (χ4n) is 2.95. The maximum Gasteiger partial charge on any atom is 0.339 e. The van der Waals surface area contributed by atoms with Crippen LogP contribution in [0.1, 0.15) is 12.5 Å². The molecule has 0 atom stereocenters. The van der Waals surface area contributed by atoms with Crippen molar-refractivity contribution in [3.63, 3.8) is 0 Å². The summed E-state index contributed by atoms with van der Waals surface area (Å²) in [6, 6.07) is 17.2. The Hall–Kier alpha value is -4.40. The Morgan fingerprint density at radius 2 is 1.86 bits per heavy atom. The molecule has 0 aliphatic rings. The van der Waals surface area contributed by atoms with E-state index < -0.39 is 26.6 Å². The van der Waals surface area contributed by atoms with Gasteiger partial charge in [0.25, 0.3) is 11.6 Å². The highest BCUT2D eigenvalue weighted by molar-refractivity contribution is 7.87. The van der Waals surface area contributed by atoms with Crippen molar-refractivity contribution in [1.29, 1.82) is 5.26 Å². The fourth-order valence-corrected chi connectivity index (χ4v) is 4.10. The quantitative estimate of drug-likeness (QED) is 0.135. The zero-order valence-corrected chi connectivity index (χ0v) is 20.2. The van der Waals surface area contributed by atoms with Crippen LogP contribution in [0, 0.1) is 21.4 Å². The smallest absolute Gasteiger partial charge is 0.339 e. The molecule has 0 aliphatic heterocycles. The van der Waals surface area contributed by atoms with Crippen molar-refractivity contribution in [3.8, 4) is 17.6 Å². The number of carbonyl (C=O) groups is 1. The highest BCUT2D eigenvalue weighted by Crippen LogP contribution is 2.32. The van der Waals surface area contributed by atoms with Gasteiger partial charge in [0.15, 0.2) is 11.5 Å². The zero-order chi connectivity index (χ0) is 26.3. The summed E-state index contributed by atoms with van der Waals surface area (Å²) in [5.74, 6) is -0.815. The number of hydrogen-bond donors (Lipinski definition) is 1. The molecule has 0 spiro atoms. The summed E-state index contributed by atoms with van der Waals surface area (Å²) in [6.45, 7) is 1.88. The SMILES string of the molecule is CCOc1cc(/C=C(\C#N)C(=O)Nc2ccc(Cl)c([N+](=O)[O-])c2)ccc1OS(=O)(=O)c1ccccc1. The summed E-state index contributed by atoms with van der Waals surface area (Å²) in [7, 11) is -4.12. The molecule has 3 aromatic carbocycles. The highest BCUT2D eigenvalue weighted by Gasteiger charge is 2.20. The third-order valence-corrected chi connectivity index (χ3v) is 6.14. The third-order valence-electron chi connectivity index (χ3n) is 4.58. The van der Waals surface area contributed by atoms with Crippen molar-refractivity contribution in [3.05, 3.63) is 93.0 Å². The first kappa shape index (κ1) is 26.2. The Morgan fingerprint density at radius 1 is 1.14 bits per heavy atom. The number of nitro benzene ring substituents is 1. The van der Waals surface area contributed by atoms with Crippen LogP contribution >= 0.6 is 11.6 Å². The molecule has 0 unspecified atom stereocenters. The minimum absolute atomic E-state index is 0.0395. The largest absolute Gasteiger partial charge is 0.490 e. The minimum atomic E-state index is -4.12. The number of halogens is 1. The standard InChI is InChI=1S/C24H18ClN3O7S/c1-2-34-23-13-16(8-11-22(23)35-36(32,33)19-6-4-3-5-7-19)12-17(15-26)24(29)27-18-9-10-20(25)21(14-18)28(30)31/h3-14H,2H2,1H3,(H,27,29)/b17-12+. The number of rotatable bonds is 9. The van der Waals surface area contributed by atoms with Crippen LogP contribution in [-0.2, 0) is 14.9 Å². The van der Waals surface area contributed by atoms with Gasteiger partial charge < -0.3 is 14.2 Å². The van der Waals surface area contributed by atoms with Crippen molar-refractivity contribution < 1.29 is 27.1 Å². The molecule has 0 saturated carbocycles. The number of nitrogens with zero attached hydrogens (tertiary/aromatic N) is 2. The molecule has 0 saturated heterocycles. The summed E-state index contributed by atoms with van der Waals surface area (Å²) in [5, 5.41) is 22.8. The average molecular weight is 528 g/mol. The van der Waals surface area contributed by atoms with E-state index in [1.165, 1.54) is 48.5 Å². The second kappa shape index (κ2) is 11.4. The third kappa shape index (κ3) is 6.38. The summed E-state index contributed by atoms with van der Waals surface area (Å²) in [5.41, 5.74) is -0.307. The zero-order valence-electron chi connectivity index (χ0n) is 18.7. The Bertz CT molecular complexity index is 1480. The van der Waals surface area contributed by atoms with Crippen molar-refractivity contribution in [2.45, 2.75) is 11.8 Å². The molecule has 12 heteroatoms. The van der Waals surface area contributed by atoms with Crippen LogP contribution in [0.25, 0.3) is 6.08 Å². The fraction of sp³-hybridized carbons (Fsp3) is 0.0833. The van der Waals surface area contributed by atoms with Gasteiger partial charge in [0.05, 0.1) is 11.5 Å². The van der Waals surface area contributed by atoms with E-state index in [1.54, 1.807) is 31.2 Å². The van der Waals surface area contributed by atoms with Crippen LogP contribution in [0.15, 0.2) is 77.2 Å². The van der Waals surface area contributed by atoms with Gasteiger partial charge in [-0.15, -0.1) is 0 Å². The summed E-state index contributed by atoms with van der Waals surface area (Å²) >= 11 is 5.78. The lowest BCUT2D eigenvalue weighted by atomic mass is 10.1. The van der Waals surface area contributed by atoms with Gasteiger partial charge in [0, 0.05) is 11.8 Å². The Kier molecular flexibility index (Phi) is 8.26. The molecular weight excluding hydrogens is 510 g/mol. The molecule has 184 valence electrons. The van der Waals surface area contributed by atoms with Gasteiger partial charge in [0.2, 0.25) is 0 Å². The lowest BCUT2D eigenvalue weighted by Crippen LogP contribution is -2.13. The van der Waals surface area contributed by atoms with Crippen LogP contribution in [0.3, 0.4) is 0 Å². The molecule has 0 radical (unpaired) electrons. The lowest BCUT2D eigenvalue weighted by molar-refractivity contribution is -0.384. The lowest BCUT2D eigenvalue weighted by Gasteiger charge is -2.13. The number of hydrogen-bond acceptors (Lipinski definition) is 8. The Morgan fingerprint density at radius 3 is 2.50 bits per heavy atom. The number of amides is 1. The average Bonchev–Trinajstić information content (AvgIpc) is 2.85. The molecule has 0 aromatic heterocycles. The van der Waals surface area contributed by atoms with Crippen LogP contribution in [0.4, 0.5) is 11.4 Å². The maximum absolute atomic E-state index is 12.6. The van der Waals surface area contributed by atoms with E-state index >= 15 is 0 Å². The molecule has 1 N–H and O–H groups in total. The Labute approximate surface area is 211 Å². The molecule has 10 nitrogen and oxygen atoms in total. The van der Waals surface area contributed by atoms with Crippen molar-refractivity contribution in [2.24, 2.45) is 0 Å². The van der Waals surface area contributed by atoms with E-state index in [4.69, 9.17) is 20.5 Å². The number of benzene rings is 3. The van der Waals surface area contributed by atoms with E-state index in [2.05, 4.69) is 5.32 Å². The van der Waals surface area contributed by atoms with Crippen LogP contribution in [0.5, 0.6) is 11.5 Å². The molecular formula is C24H18ClN3O7S. The summed E-state index contributed by atoms with van der Waals surface area (Å²) in [6.07, 6.45) is 1.25. The summed E-state index contributed by atoms with van der Waals surface area (Å²) < 4.78 is 35.9. The minimum Gasteiger partial charge on any atom is -0.490 e. The number of ether oxygens (including phenoxy) is 1. The van der Waals surface area contributed by atoms with E-state index in [1.807, 2.05) is 0 Å². The molecule has 0 aliphatic carbocycles. The molecule has 0 fully saturated rings. The van der Waals surface area contributed by atoms with Crippen LogP contribution in [-0.4, -0.2) is 25.9 Å². The summed E-state index contributed by atoms with van der Waals surface area (Å²) in [4.78, 5) is 22.9. The number of anilines is 1. The van der Waals surface area contributed by atoms with E-state index in [9.17, 15) is 28.6 Å². The van der Waals surface area contributed by atoms with Gasteiger partial charge in [-0.25, -0.2) is 0 Å². The van der Waals surface area contributed by atoms with Gasteiger partial charge in [0.1, 0.15) is 21.6 Å². The van der Waals surface area contributed by atoms with E-state index in [0.29, 0.717) is 5.56 Å². The van der Waals surface area contributed by atoms with E-state index in [0.717, 1.165) is 6.07 Å². The normalized spacial score (nSPS) is 11.3. The van der Waals surface area contributed by atoms with Crippen LogP contribution < -0.4 is 14.2 Å². The molecule has 1 amide bonds. The number of nitriles is 1. The second-order valence-corrected chi connectivity index (χ2v) is 8.99. The first-order valence-electron chi connectivity index (χ1n) is 10.3. The van der Waals surface area contributed by atoms with Crippen molar-refractivity contribution >= 4 is 45.1 Å². The predicted molar refractivity (Wildman–Crippen MR) is 132 cm³/mol. The van der Waals surface area contributed by atoms with E-state index in [-0.39, 0.29) is 39.3 Å². The topological polar surface area (TPSA) is 149 Å². The van der Waals surface area contributed by atoms with Gasteiger partial charge in [-0.2, -0.15) is 13.7 Å². The molecule has 3 aromatic rings. The van der Waals surface area contributed by atoms with Crippen molar-refractivity contribution in [1.82, 2.24) is 0 Å². The van der Waals surface area contributed by atoms with Gasteiger partial charge in [-0.1, -0.05) is 35.9 Å². The molecule has 36 heavy (non-hydrogen) atoms. The number of nitrogens with one attached hydrogen (secondary N) is 1. The number of nitro groups is 1. The van der Waals surface area contributed by atoms with Crippen molar-refractivity contribution in [2.75, 3.05) is 11.9 Å². The first-order valence-corrected chi connectivity index (χ1v) is 12.1. The van der Waals surface area contributed by atoms with Gasteiger partial charge in [-0.3, -0.25) is 14.9 Å². The van der Waals surface area contributed by atoms with Crippen LogP contribution in [0.2, 0.25) is 5.02 Å². The Balaban J connectivity index is 1.87. The monoisotopic (exact) mass is 527 g/mol. The molecule has 0 heterocycles. The molecule has 3 rings (SSSR count). The van der Waals surface area contributed by atoms with Gasteiger partial charge >= 0.3 is 10.1 Å². The highest BCUT2D eigenvalue weighted by atomic mass is 35.5. The maximum atomic E-state index is 12.6.